The molecule has 1 aromatic carbocycles. The van der Waals surface area contributed by atoms with E-state index in [-0.39, 0.29) is 11.4 Å². The van der Waals surface area contributed by atoms with Crippen LogP contribution in [0.1, 0.15) is 31.7 Å². The highest BCUT2D eigenvalue weighted by molar-refractivity contribution is 7.98. The van der Waals surface area contributed by atoms with Crippen LogP contribution in [0.2, 0.25) is 0 Å². The Kier molecular flexibility index (Phi) is 5.83. The molecular weight excluding hydrogens is 236 g/mol. The number of nitrogen functional groups attached to an aromatic ring is 1. The van der Waals surface area contributed by atoms with Crippen molar-refractivity contribution in [2.45, 2.75) is 31.9 Å². The minimum Gasteiger partial charge on any atom is -0.393 e. The van der Waals surface area contributed by atoms with Gasteiger partial charge in [0, 0.05) is 11.8 Å². The molecule has 0 bridgehead atoms. The molecular formula is C12H18N2O2S. The van der Waals surface area contributed by atoms with Crippen LogP contribution < -0.4 is 5.73 Å². The third-order valence-corrected chi connectivity index (χ3v) is 3.56. The normalized spacial score (nSPS) is 10.4. The molecule has 0 aromatic heterocycles. The monoisotopic (exact) mass is 254 g/mol. The number of nitro benzene ring substituents is 1. The summed E-state index contributed by atoms with van der Waals surface area (Å²) in [7, 11) is 0. The fraction of sp³-hybridized carbons (Fsp3) is 0.500. The van der Waals surface area contributed by atoms with Crippen LogP contribution in [0, 0.1) is 10.1 Å². The van der Waals surface area contributed by atoms with Gasteiger partial charge in [0.1, 0.15) is 5.69 Å². The lowest BCUT2D eigenvalue weighted by molar-refractivity contribution is -0.383. The summed E-state index contributed by atoms with van der Waals surface area (Å²) in [6.45, 7) is 2.18. The lowest BCUT2D eigenvalue weighted by Gasteiger charge is -2.03. The van der Waals surface area contributed by atoms with Gasteiger partial charge in [-0.05, 0) is 23.8 Å². The molecule has 0 spiro atoms. The highest BCUT2D eigenvalue weighted by Gasteiger charge is 2.10. The van der Waals surface area contributed by atoms with Crippen molar-refractivity contribution in [3.63, 3.8) is 0 Å². The zero-order chi connectivity index (χ0) is 12.7. The van der Waals surface area contributed by atoms with E-state index in [0.29, 0.717) is 0 Å². The third-order valence-electron chi connectivity index (χ3n) is 2.45. The maximum Gasteiger partial charge on any atom is 0.292 e. The Morgan fingerprint density at radius 1 is 1.41 bits per heavy atom. The van der Waals surface area contributed by atoms with Crippen molar-refractivity contribution < 1.29 is 4.92 Å². The minimum atomic E-state index is -0.451. The number of anilines is 1. The van der Waals surface area contributed by atoms with Crippen molar-refractivity contribution in [2.24, 2.45) is 0 Å². The molecule has 0 atom stereocenters. The number of nitro groups is 1. The van der Waals surface area contributed by atoms with Crippen molar-refractivity contribution in [1.82, 2.24) is 0 Å². The Morgan fingerprint density at radius 2 is 2.18 bits per heavy atom. The maximum atomic E-state index is 10.6. The summed E-state index contributed by atoms with van der Waals surface area (Å²) in [6, 6.07) is 4.96. The number of unbranched alkanes of at least 4 members (excludes halogenated alkanes) is 2. The Labute approximate surface area is 106 Å². The van der Waals surface area contributed by atoms with Gasteiger partial charge in [-0.2, -0.15) is 11.8 Å². The van der Waals surface area contributed by atoms with Gasteiger partial charge in [0.2, 0.25) is 0 Å². The van der Waals surface area contributed by atoms with Crippen LogP contribution in [0.5, 0.6) is 0 Å². The topological polar surface area (TPSA) is 69.2 Å². The molecule has 0 saturated carbocycles. The molecule has 0 unspecified atom stereocenters. The average molecular weight is 254 g/mol. The Morgan fingerprint density at radius 3 is 2.76 bits per heavy atom. The zero-order valence-electron chi connectivity index (χ0n) is 10.0. The molecule has 4 nitrogen and oxygen atoms in total. The summed E-state index contributed by atoms with van der Waals surface area (Å²) in [5.74, 6) is 2.00. The largest absolute Gasteiger partial charge is 0.393 e. The molecule has 0 aliphatic heterocycles. The summed E-state index contributed by atoms with van der Waals surface area (Å²) >= 11 is 1.84. The molecule has 0 amide bonds. The fourth-order valence-electron chi connectivity index (χ4n) is 1.50. The Balaban J connectivity index is 2.45. The first kappa shape index (κ1) is 13.8. The van der Waals surface area contributed by atoms with Gasteiger partial charge < -0.3 is 5.73 Å². The van der Waals surface area contributed by atoms with E-state index >= 15 is 0 Å². The highest BCUT2D eigenvalue weighted by Crippen LogP contribution is 2.24. The molecule has 0 fully saturated rings. The Bertz CT molecular complexity index is 383. The maximum absolute atomic E-state index is 10.6. The number of nitrogens with zero attached hydrogens (tertiary/aromatic N) is 1. The van der Waals surface area contributed by atoms with E-state index in [2.05, 4.69) is 6.92 Å². The van der Waals surface area contributed by atoms with Crippen LogP contribution in [0.25, 0.3) is 0 Å². The van der Waals surface area contributed by atoms with Crippen molar-refractivity contribution >= 4 is 23.1 Å². The number of hydrogen-bond donors (Lipinski definition) is 1. The van der Waals surface area contributed by atoms with E-state index < -0.39 is 4.92 Å². The molecule has 5 heteroatoms. The number of rotatable bonds is 7. The van der Waals surface area contributed by atoms with Crippen LogP contribution in [-0.2, 0) is 5.75 Å². The fourth-order valence-corrected chi connectivity index (χ4v) is 2.47. The number of benzene rings is 1. The first-order chi connectivity index (χ1) is 8.15. The zero-order valence-corrected chi connectivity index (χ0v) is 10.8. The van der Waals surface area contributed by atoms with Crippen LogP contribution in [0.3, 0.4) is 0 Å². The lowest BCUT2D eigenvalue weighted by Crippen LogP contribution is -1.96. The quantitative estimate of drug-likeness (QED) is 0.349. The van der Waals surface area contributed by atoms with Crippen LogP contribution >= 0.6 is 11.8 Å². The first-order valence-corrected chi connectivity index (χ1v) is 6.91. The van der Waals surface area contributed by atoms with Gasteiger partial charge in [-0.15, -0.1) is 0 Å². The van der Waals surface area contributed by atoms with Gasteiger partial charge in [-0.25, -0.2) is 0 Å². The molecule has 1 aromatic rings. The van der Waals surface area contributed by atoms with Crippen molar-refractivity contribution in [3.05, 3.63) is 33.9 Å². The molecule has 0 radical (unpaired) electrons. The third kappa shape index (κ3) is 4.65. The number of hydrogen-bond acceptors (Lipinski definition) is 4. The summed E-state index contributed by atoms with van der Waals surface area (Å²) < 4.78 is 0. The second-order valence-corrected chi connectivity index (χ2v) is 5.02. The van der Waals surface area contributed by atoms with E-state index in [1.54, 1.807) is 12.1 Å². The second kappa shape index (κ2) is 7.17. The van der Waals surface area contributed by atoms with E-state index in [1.165, 1.54) is 25.3 Å². The van der Waals surface area contributed by atoms with Crippen molar-refractivity contribution in [2.75, 3.05) is 11.5 Å². The number of nitrogens with two attached hydrogens (primary N) is 1. The van der Waals surface area contributed by atoms with Crippen molar-refractivity contribution in [1.29, 1.82) is 0 Å². The van der Waals surface area contributed by atoms with Gasteiger partial charge in [0.25, 0.3) is 5.69 Å². The van der Waals surface area contributed by atoms with Gasteiger partial charge in [-0.3, -0.25) is 10.1 Å². The summed E-state index contributed by atoms with van der Waals surface area (Å²) in [5.41, 5.74) is 6.92. The predicted molar refractivity (Wildman–Crippen MR) is 73.2 cm³/mol. The molecule has 0 aliphatic rings. The smallest absolute Gasteiger partial charge is 0.292 e. The predicted octanol–water partition coefficient (Wildman–Crippen LogP) is 3.60. The molecule has 0 heterocycles. The summed E-state index contributed by atoms with van der Waals surface area (Å²) in [5, 5.41) is 10.6. The van der Waals surface area contributed by atoms with E-state index in [9.17, 15) is 10.1 Å². The van der Waals surface area contributed by atoms with Gasteiger partial charge in [0.15, 0.2) is 0 Å². The standard InChI is InChI=1S/C12H18N2O2S/c1-2-3-4-7-17-9-10-5-6-12(14(15)16)11(13)8-10/h5-6,8H,2-4,7,9,13H2,1H3. The molecule has 0 saturated heterocycles. The van der Waals surface area contributed by atoms with Gasteiger partial charge in [0.05, 0.1) is 4.92 Å². The minimum absolute atomic E-state index is 0.00951. The number of thioether (sulfide) groups is 1. The molecule has 2 N–H and O–H groups in total. The van der Waals surface area contributed by atoms with Gasteiger partial charge >= 0.3 is 0 Å². The molecule has 17 heavy (non-hydrogen) atoms. The highest BCUT2D eigenvalue weighted by atomic mass is 32.2. The average Bonchev–Trinajstić information content (AvgIpc) is 2.28. The lowest BCUT2D eigenvalue weighted by atomic mass is 10.2. The van der Waals surface area contributed by atoms with Crippen LogP contribution in [0.15, 0.2) is 18.2 Å². The van der Waals surface area contributed by atoms with E-state index in [4.69, 9.17) is 5.73 Å². The molecule has 0 aliphatic carbocycles. The SMILES string of the molecule is CCCCCSCc1ccc([N+](=O)[O-])c(N)c1. The van der Waals surface area contributed by atoms with Crippen LogP contribution in [0.4, 0.5) is 11.4 Å². The van der Waals surface area contributed by atoms with Crippen molar-refractivity contribution in [3.8, 4) is 0 Å². The second-order valence-electron chi connectivity index (χ2n) is 3.91. The van der Waals surface area contributed by atoms with E-state index in [0.717, 1.165) is 17.1 Å². The van der Waals surface area contributed by atoms with E-state index in [1.807, 2.05) is 11.8 Å². The first-order valence-electron chi connectivity index (χ1n) is 5.75. The molecule has 94 valence electrons. The summed E-state index contributed by atoms with van der Waals surface area (Å²) in [6.07, 6.45) is 3.71. The van der Waals surface area contributed by atoms with Gasteiger partial charge in [-0.1, -0.05) is 25.8 Å². The summed E-state index contributed by atoms with van der Waals surface area (Å²) in [4.78, 5) is 10.1. The Hall–Kier alpha value is -1.23. The molecule has 1 rings (SSSR count). The van der Waals surface area contributed by atoms with Crippen LogP contribution in [-0.4, -0.2) is 10.7 Å².